The van der Waals surface area contributed by atoms with Crippen molar-refractivity contribution in [2.75, 3.05) is 26.2 Å². The quantitative estimate of drug-likeness (QED) is 0.693. The largest absolute Gasteiger partial charge is 0.371 e. The van der Waals surface area contributed by atoms with Crippen molar-refractivity contribution < 1.29 is 9.53 Å². The first-order valence-electron chi connectivity index (χ1n) is 6.39. The Balaban J connectivity index is 1.66. The number of morpholine rings is 1. The first kappa shape index (κ1) is 10.5. The Hall–Kier alpha value is -0.610. The van der Waals surface area contributed by atoms with Gasteiger partial charge in [0.25, 0.3) is 0 Å². The van der Waals surface area contributed by atoms with Crippen LogP contribution in [-0.2, 0) is 9.53 Å². The molecule has 0 radical (unpaired) electrons. The molecule has 90 valence electrons. The number of carbonyl (C=O) groups excluding carboxylic acids is 1. The van der Waals surface area contributed by atoms with Gasteiger partial charge in [0.05, 0.1) is 18.1 Å². The molecule has 3 aliphatic rings. The van der Waals surface area contributed by atoms with Crippen molar-refractivity contribution in [1.29, 1.82) is 0 Å². The van der Waals surface area contributed by atoms with E-state index >= 15 is 0 Å². The average Bonchev–Trinajstić information content (AvgIpc) is 2.84. The molecule has 4 atom stereocenters. The lowest BCUT2D eigenvalue weighted by atomic mass is 9.96. The number of nitrogens with zero attached hydrogens (tertiary/aromatic N) is 1. The fraction of sp³-hybridized carbons (Fsp3) is 0.917. The van der Waals surface area contributed by atoms with E-state index in [4.69, 9.17) is 4.74 Å². The van der Waals surface area contributed by atoms with Gasteiger partial charge in [0.1, 0.15) is 0 Å². The van der Waals surface area contributed by atoms with Crippen LogP contribution in [0.1, 0.15) is 19.8 Å². The second kappa shape index (κ2) is 4.00. The van der Waals surface area contributed by atoms with E-state index in [0.717, 1.165) is 39.0 Å². The molecule has 0 spiro atoms. The Bertz CT molecular complexity index is 283. The maximum absolute atomic E-state index is 12.4. The molecule has 0 aliphatic carbocycles. The lowest BCUT2D eigenvalue weighted by molar-refractivity contribution is -0.144. The average molecular weight is 224 g/mol. The summed E-state index contributed by atoms with van der Waals surface area (Å²) in [6, 6.07) is 0. The molecule has 0 aromatic rings. The number of ether oxygens (including phenoxy) is 1. The Morgan fingerprint density at radius 1 is 1.25 bits per heavy atom. The van der Waals surface area contributed by atoms with Crippen molar-refractivity contribution in [3.05, 3.63) is 0 Å². The number of carbonyl (C=O) groups is 1. The van der Waals surface area contributed by atoms with Gasteiger partial charge in [-0.2, -0.15) is 0 Å². The van der Waals surface area contributed by atoms with Crippen molar-refractivity contribution in [2.24, 2.45) is 11.8 Å². The van der Waals surface area contributed by atoms with Crippen LogP contribution in [0.4, 0.5) is 0 Å². The molecule has 1 amide bonds. The Morgan fingerprint density at radius 3 is 2.50 bits per heavy atom. The number of fused-ring (bicyclic) bond motifs is 2. The van der Waals surface area contributed by atoms with Gasteiger partial charge in [-0.15, -0.1) is 0 Å². The SMILES string of the molecule is CC1CNCC1C(=O)N1CC2CCC(C1)O2. The third-order valence-corrected chi connectivity index (χ3v) is 4.19. The topological polar surface area (TPSA) is 41.6 Å². The third kappa shape index (κ3) is 1.74. The zero-order valence-electron chi connectivity index (χ0n) is 9.82. The smallest absolute Gasteiger partial charge is 0.227 e. The van der Waals surface area contributed by atoms with Crippen molar-refractivity contribution in [1.82, 2.24) is 10.2 Å². The van der Waals surface area contributed by atoms with Crippen LogP contribution in [0.5, 0.6) is 0 Å². The molecule has 16 heavy (non-hydrogen) atoms. The van der Waals surface area contributed by atoms with Crippen LogP contribution in [0.25, 0.3) is 0 Å². The maximum Gasteiger partial charge on any atom is 0.227 e. The summed E-state index contributed by atoms with van der Waals surface area (Å²) in [6.45, 7) is 5.63. The summed E-state index contributed by atoms with van der Waals surface area (Å²) in [5, 5.41) is 3.30. The molecule has 2 bridgehead atoms. The molecule has 3 rings (SSSR count). The number of hydrogen-bond acceptors (Lipinski definition) is 3. The summed E-state index contributed by atoms with van der Waals surface area (Å²) in [5.74, 6) is 1.02. The van der Waals surface area contributed by atoms with Gasteiger partial charge in [-0.05, 0) is 25.3 Å². The molecule has 4 nitrogen and oxygen atoms in total. The predicted octanol–water partition coefficient (Wildman–Crippen LogP) is 0.232. The summed E-state index contributed by atoms with van der Waals surface area (Å²) in [6.07, 6.45) is 2.89. The number of nitrogens with one attached hydrogen (secondary N) is 1. The summed E-state index contributed by atoms with van der Waals surface area (Å²) in [7, 11) is 0. The lowest BCUT2D eigenvalue weighted by Gasteiger charge is -2.34. The normalized spacial score (nSPS) is 42.7. The van der Waals surface area contributed by atoms with Crippen LogP contribution in [-0.4, -0.2) is 49.2 Å². The maximum atomic E-state index is 12.4. The van der Waals surface area contributed by atoms with Crippen LogP contribution < -0.4 is 5.32 Å². The summed E-state index contributed by atoms with van der Waals surface area (Å²) < 4.78 is 5.76. The van der Waals surface area contributed by atoms with E-state index in [1.54, 1.807) is 0 Å². The first-order chi connectivity index (χ1) is 7.74. The Kier molecular flexibility index (Phi) is 2.64. The highest BCUT2D eigenvalue weighted by Crippen LogP contribution is 2.28. The van der Waals surface area contributed by atoms with E-state index in [0.29, 0.717) is 24.0 Å². The van der Waals surface area contributed by atoms with Gasteiger partial charge in [0.2, 0.25) is 5.91 Å². The van der Waals surface area contributed by atoms with Gasteiger partial charge < -0.3 is 15.0 Å². The summed E-state index contributed by atoms with van der Waals surface area (Å²) in [5.41, 5.74) is 0. The molecule has 3 fully saturated rings. The van der Waals surface area contributed by atoms with Crippen LogP contribution >= 0.6 is 0 Å². The summed E-state index contributed by atoms with van der Waals surface area (Å²) in [4.78, 5) is 14.4. The minimum Gasteiger partial charge on any atom is -0.371 e. The zero-order valence-corrected chi connectivity index (χ0v) is 9.82. The van der Waals surface area contributed by atoms with Crippen LogP contribution in [0.2, 0.25) is 0 Å². The monoisotopic (exact) mass is 224 g/mol. The molecule has 0 aromatic heterocycles. The molecule has 4 unspecified atom stereocenters. The Morgan fingerprint density at radius 2 is 1.94 bits per heavy atom. The van der Waals surface area contributed by atoms with Gasteiger partial charge in [-0.3, -0.25) is 4.79 Å². The second-order valence-corrected chi connectivity index (χ2v) is 5.44. The standard InChI is InChI=1S/C12H20N2O2/c1-8-4-13-5-11(8)12(15)14-6-9-2-3-10(7-14)16-9/h8-11,13H,2-7H2,1H3. The van der Waals surface area contributed by atoms with E-state index in [2.05, 4.69) is 12.2 Å². The molecular weight excluding hydrogens is 204 g/mol. The van der Waals surface area contributed by atoms with E-state index < -0.39 is 0 Å². The minimum absolute atomic E-state index is 0.192. The van der Waals surface area contributed by atoms with E-state index in [1.165, 1.54) is 0 Å². The highest BCUT2D eigenvalue weighted by molar-refractivity contribution is 5.80. The highest BCUT2D eigenvalue weighted by atomic mass is 16.5. The van der Waals surface area contributed by atoms with Crippen LogP contribution in [0.3, 0.4) is 0 Å². The first-order valence-corrected chi connectivity index (χ1v) is 6.39. The molecule has 1 N–H and O–H groups in total. The molecule has 0 saturated carbocycles. The van der Waals surface area contributed by atoms with Gasteiger partial charge in [-0.1, -0.05) is 6.92 Å². The van der Waals surface area contributed by atoms with Crippen LogP contribution in [0, 0.1) is 11.8 Å². The fourth-order valence-electron chi connectivity index (χ4n) is 3.17. The number of likely N-dealkylation sites (tertiary alicyclic amines) is 1. The summed E-state index contributed by atoms with van der Waals surface area (Å²) >= 11 is 0. The number of rotatable bonds is 1. The lowest BCUT2D eigenvalue weighted by Crippen LogP contribution is -2.49. The minimum atomic E-state index is 0.192. The van der Waals surface area contributed by atoms with Gasteiger partial charge in [0, 0.05) is 19.6 Å². The molecule has 3 saturated heterocycles. The fourth-order valence-corrected chi connectivity index (χ4v) is 3.17. The molecule has 3 aliphatic heterocycles. The van der Waals surface area contributed by atoms with Crippen molar-refractivity contribution in [3.63, 3.8) is 0 Å². The second-order valence-electron chi connectivity index (χ2n) is 5.44. The van der Waals surface area contributed by atoms with Gasteiger partial charge in [0.15, 0.2) is 0 Å². The van der Waals surface area contributed by atoms with E-state index in [-0.39, 0.29) is 5.92 Å². The Labute approximate surface area is 96.3 Å². The third-order valence-electron chi connectivity index (χ3n) is 4.19. The van der Waals surface area contributed by atoms with Crippen molar-refractivity contribution in [3.8, 4) is 0 Å². The zero-order chi connectivity index (χ0) is 11.1. The van der Waals surface area contributed by atoms with Crippen molar-refractivity contribution >= 4 is 5.91 Å². The molecular formula is C12H20N2O2. The van der Waals surface area contributed by atoms with Crippen LogP contribution in [0.15, 0.2) is 0 Å². The van der Waals surface area contributed by atoms with Gasteiger partial charge in [-0.25, -0.2) is 0 Å². The van der Waals surface area contributed by atoms with E-state index in [1.807, 2.05) is 4.90 Å². The number of amides is 1. The highest BCUT2D eigenvalue weighted by Gasteiger charge is 2.39. The van der Waals surface area contributed by atoms with Gasteiger partial charge >= 0.3 is 0 Å². The van der Waals surface area contributed by atoms with E-state index in [9.17, 15) is 4.79 Å². The predicted molar refractivity (Wildman–Crippen MR) is 60.0 cm³/mol. The molecule has 3 heterocycles. The van der Waals surface area contributed by atoms with Crippen molar-refractivity contribution in [2.45, 2.75) is 32.0 Å². The molecule has 4 heteroatoms. The molecule has 0 aromatic carbocycles. The number of hydrogen-bond donors (Lipinski definition) is 1.